The molecule has 3 heteroatoms. The van der Waals surface area contributed by atoms with Gasteiger partial charge in [-0.1, -0.05) is 5.23 Å². The van der Waals surface area contributed by atoms with Crippen molar-refractivity contribution < 1.29 is 9.68 Å². The molecule has 0 aliphatic carbocycles. The second-order valence-electron chi connectivity index (χ2n) is 1.24. The molecular formula is C5H7NO2. The highest BCUT2D eigenvalue weighted by atomic mass is 16.9. The van der Waals surface area contributed by atoms with E-state index in [4.69, 9.17) is 4.84 Å². The molecule has 0 saturated carbocycles. The minimum atomic E-state index is 1.25. The SMILES string of the molecule is CON1C=CC=CO1. The molecule has 44 valence electrons. The Kier molecular flexibility index (Phi) is 1.54. The van der Waals surface area contributed by atoms with Crippen LogP contribution in [0.2, 0.25) is 0 Å². The van der Waals surface area contributed by atoms with Crippen LogP contribution in [0.4, 0.5) is 0 Å². The van der Waals surface area contributed by atoms with E-state index in [1.807, 2.05) is 6.08 Å². The molecule has 0 unspecified atom stereocenters. The van der Waals surface area contributed by atoms with Gasteiger partial charge < -0.3 is 4.84 Å². The molecule has 1 aliphatic heterocycles. The van der Waals surface area contributed by atoms with Crippen molar-refractivity contribution in [2.75, 3.05) is 7.11 Å². The molecule has 0 aromatic heterocycles. The summed E-state index contributed by atoms with van der Waals surface area (Å²) in [6, 6.07) is 0. The maximum Gasteiger partial charge on any atom is 0.122 e. The summed E-state index contributed by atoms with van der Waals surface area (Å²) in [7, 11) is 1.53. The van der Waals surface area contributed by atoms with E-state index < -0.39 is 0 Å². The molecule has 8 heavy (non-hydrogen) atoms. The van der Waals surface area contributed by atoms with Crippen molar-refractivity contribution in [2.45, 2.75) is 0 Å². The number of nitrogens with zero attached hydrogens (tertiary/aromatic N) is 1. The Morgan fingerprint density at radius 3 is 2.75 bits per heavy atom. The summed E-state index contributed by atoms with van der Waals surface area (Å²) in [4.78, 5) is 9.43. The Balaban J connectivity index is 2.40. The van der Waals surface area contributed by atoms with Crippen LogP contribution in [0.25, 0.3) is 0 Å². The van der Waals surface area contributed by atoms with Crippen molar-refractivity contribution in [2.24, 2.45) is 0 Å². The minimum Gasteiger partial charge on any atom is -0.362 e. The van der Waals surface area contributed by atoms with E-state index in [1.165, 1.54) is 18.6 Å². The van der Waals surface area contributed by atoms with E-state index in [1.54, 1.807) is 12.3 Å². The van der Waals surface area contributed by atoms with Crippen LogP contribution in [-0.4, -0.2) is 12.3 Å². The summed E-state index contributed by atoms with van der Waals surface area (Å²) in [6.07, 6.45) is 6.78. The predicted octanol–water partition coefficient (Wildman–Crippen LogP) is 0.822. The average molecular weight is 113 g/mol. The van der Waals surface area contributed by atoms with Gasteiger partial charge in [0.15, 0.2) is 0 Å². The maximum atomic E-state index is 4.77. The molecule has 0 fully saturated rings. The lowest BCUT2D eigenvalue weighted by Crippen LogP contribution is -2.13. The quantitative estimate of drug-likeness (QED) is 0.502. The summed E-state index contributed by atoms with van der Waals surface area (Å²) >= 11 is 0. The van der Waals surface area contributed by atoms with Crippen LogP contribution in [0.3, 0.4) is 0 Å². The van der Waals surface area contributed by atoms with Gasteiger partial charge in [0.2, 0.25) is 0 Å². The van der Waals surface area contributed by atoms with Gasteiger partial charge in [0.05, 0.1) is 13.3 Å². The van der Waals surface area contributed by atoms with Crippen LogP contribution in [0, 0.1) is 0 Å². The minimum absolute atomic E-state index is 1.25. The second-order valence-corrected chi connectivity index (χ2v) is 1.24. The van der Waals surface area contributed by atoms with E-state index >= 15 is 0 Å². The third kappa shape index (κ3) is 1.01. The molecule has 1 heterocycles. The van der Waals surface area contributed by atoms with E-state index in [-0.39, 0.29) is 0 Å². The van der Waals surface area contributed by atoms with E-state index in [0.717, 1.165) is 0 Å². The molecule has 0 atom stereocenters. The van der Waals surface area contributed by atoms with Crippen LogP contribution in [0.15, 0.2) is 24.6 Å². The summed E-state index contributed by atoms with van der Waals surface area (Å²) in [5.74, 6) is 0. The van der Waals surface area contributed by atoms with Gasteiger partial charge in [0, 0.05) is 0 Å². The zero-order valence-corrected chi connectivity index (χ0v) is 4.57. The molecule has 3 nitrogen and oxygen atoms in total. The second kappa shape index (κ2) is 2.37. The molecule has 0 saturated heterocycles. The summed E-state index contributed by atoms with van der Waals surface area (Å²) in [5, 5.41) is 1.25. The lowest BCUT2D eigenvalue weighted by Gasteiger charge is -2.15. The fourth-order valence-corrected chi connectivity index (χ4v) is 0.399. The highest BCUT2D eigenvalue weighted by Crippen LogP contribution is 1.98. The third-order valence-electron chi connectivity index (χ3n) is 0.742. The Morgan fingerprint density at radius 1 is 1.50 bits per heavy atom. The van der Waals surface area contributed by atoms with Crippen LogP contribution in [-0.2, 0) is 9.68 Å². The molecular weight excluding hydrogens is 106 g/mol. The molecule has 1 rings (SSSR count). The van der Waals surface area contributed by atoms with Gasteiger partial charge in [-0.25, -0.2) is 4.84 Å². The molecule has 0 spiro atoms. The summed E-state index contributed by atoms with van der Waals surface area (Å²) in [5.41, 5.74) is 0. The fraction of sp³-hybridized carbons (Fsp3) is 0.200. The average Bonchev–Trinajstić information content (AvgIpc) is 1.90. The number of hydrogen-bond donors (Lipinski definition) is 0. The van der Waals surface area contributed by atoms with Crippen LogP contribution in [0.1, 0.15) is 0 Å². The Hall–Kier alpha value is -0.960. The molecule has 0 N–H and O–H groups in total. The van der Waals surface area contributed by atoms with Crippen molar-refractivity contribution in [3.05, 3.63) is 24.6 Å². The van der Waals surface area contributed by atoms with Crippen molar-refractivity contribution in [1.82, 2.24) is 5.23 Å². The molecule has 0 amide bonds. The van der Waals surface area contributed by atoms with Gasteiger partial charge in [-0.15, -0.1) is 0 Å². The Morgan fingerprint density at radius 2 is 2.38 bits per heavy atom. The van der Waals surface area contributed by atoms with Gasteiger partial charge in [-0.2, -0.15) is 0 Å². The molecule has 0 bridgehead atoms. The van der Waals surface area contributed by atoms with Crippen molar-refractivity contribution in [3.63, 3.8) is 0 Å². The number of rotatable bonds is 1. The zero-order valence-electron chi connectivity index (χ0n) is 4.57. The Labute approximate surface area is 47.7 Å². The fourth-order valence-electron chi connectivity index (χ4n) is 0.399. The largest absolute Gasteiger partial charge is 0.362 e. The normalized spacial score (nSPS) is 16.4. The van der Waals surface area contributed by atoms with E-state index in [0.29, 0.717) is 0 Å². The van der Waals surface area contributed by atoms with Gasteiger partial charge in [0.25, 0.3) is 0 Å². The molecule has 1 aliphatic rings. The van der Waals surface area contributed by atoms with Crippen LogP contribution < -0.4 is 0 Å². The first-order valence-electron chi connectivity index (χ1n) is 2.27. The lowest BCUT2D eigenvalue weighted by molar-refractivity contribution is -0.293. The van der Waals surface area contributed by atoms with E-state index in [9.17, 15) is 0 Å². The Bertz CT molecular complexity index is 120. The molecule has 0 aromatic carbocycles. The van der Waals surface area contributed by atoms with Crippen molar-refractivity contribution in [1.29, 1.82) is 0 Å². The first-order valence-corrected chi connectivity index (χ1v) is 2.27. The van der Waals surface area contributed by atoms with Gasteiger partial charge in [-0.3, -0.25) is 0 Å². The highest BCUT2D eigenvalue weighted by Gasteiger charge is 1.93. The standard InChI is InChI=1S/C5H7NO2/c1-7-6-4-2-3-5-8-6/h2-5H,1H3. The molecule has 0 aromatic rings. The zero-order chi connectivity index (χ0) is 5.82. The van der Waals surface area contributed by atoms with Crippen LogP contribution >= 0.6 is 0 Å². The van der Waals surface area contributed by atoms with Gasteiger partial charge in [0.1, 0.15) is 6.26 Å². The monoisotopic (exact) mass is 113 g/mol. The van der Waals surface area contributed by atoms with Crippen molar-refractivity contribution >= 4 is 0 Å². The molecule has 0 radical (unpaired) electrons. The van der Waals surface area contributed by atoms with Gasteiger partial charge >= 0.3 is 0 Å². The highest BCUT2D eigenvalue weighted by molar-refractivity contribution is 4.99. The van der Waals surface area contributed by atoms with Crippen molar-refractivity contribution in [3.8, 4) is 0 Å². The first-order chi connectivity index (χ1) is 3.93. The predicted molar refractivity (Wildman–Crippen MR) is 28.2 cm³/mol. The maximum absolute atomic E-state index is 4.77. The number of allylic oxidation sites excluding steroid dienone is 2. The van der Waals surface area contributed by atoms with Gasteiger partial charge in [-0.05, 0) is 12.2 Å². The number of hydrogen-bond acceptors (Lipinski definition) is 3. The smallest absolute Gasteiger partial charge is 0.122 e. The van der Waals surface area contributed by atoms with Crippen LogP contribution in [0.5, 0.6) is 0 Å². The summed E-state index contributed by atoms with van der Waals surface area (Å²) < 4.78 is 0. The summed E-state index contributed by atoms with van der Waals surface area (Å²) in [6.45, 7) is 0. The third-order valence-corrected chi connectivity index (χ3v) is 0.742. The lowest BCUT2D eigenvalue weighted by atomic mass is 10.6. The number of hydroxylamine groups is 2. The topological polar surface area (TPSA) is 21.7 Å². The first kappa shape index (κ1) is 5.18. The van der Waals surface area contributed by atoms with E-state index in [2.05, 4.69) is 4.84 Å².